The molecule has 0 heterocycles. The molecule has 0 aliphatic heterocycles. The molecule has 0 saturated heterocycles. The fourth-order valence-electron chi connectivity index (χ4n) is 2.18. The summed E-state index contributed by atoms with van der Waals surface area (Å²) in [6.07, 6.45) is 0. The highest BCUT2D eigenvalue weighted by atomic mass is 28.4. The van der Waals surface area contributed by atoms with Crippen LogP contribution in [0.5, 0.6) is 0 Å². The summed E-state index contributed by atoms with van der Waals surface area (Å²) < 4.78 is 5.80. The van der Waals surface area contributed by atoms with E-state index in [2.05, 4.69) is 65.9 Å². The van der Waals surface area contributed by atoms with Gasteiger partial charge in [-0.15, -0.1) is 0 Å². The highest BCUT2D eigenvalue weighted by Crippen LogP contribution is 2.11. The highest BCUT2D eigenvalue weighted by molar-refractivity contribution is 6.98. The molecule has 1 nitrogen and oxygen atoms in total. The molecular weight excluding hydrogens is 240 g/mol. The third kappa shape index (κ3) is 2.27. The third-order valence-corrected chi connectivity index (χ3v) is 8.07. The second-order valence-electron chi connectivity index (χ2n) is 4.01. The van der Waals surface area contributed by atoms with E-state index < -0.39 is 8.32 Å². The average molecular weight is 255 g/mol. The van der Waals surface area contributed by atoms with Crippen LogP contribution < -0.4 is 10.4 Å². The topological polar surface area (TPSA) is 9.23 Å². The Hall–Kier alpha value is -1.17. The zero-order valence-corrected chi connectivity index (χ0v) is 11.9. The lowest BCUT2D eigenvalue weighted by atomic mass is 10.4. The van der Waals surface area contributed by atoms with Crippen LogP contribution in [-0.2, 0) is 4.12 Å². The molecule has 3 heteroatoms. The van der Waals surface area contributed by atoms with Crippen LogP contribution in [0.4, 0.5) is 0 Å². The standard InChI is InChI=1S/C14H15OSi2/c1-2-17(15-16,13-9-5-3-6-10-13)14-11-7-4-8-12-14/h3-12H,2H2,1H3. The number of rotatable bonds is 4. The van der Waals surface area contributed by atoms with Gasteiger partial charge in [0.2, 0.25) is 18.8 Å². The Bertz CT molecular complexity index is 411. The summed E-state index contributed by atoms with van der Waals surface area (Å²) >= 11 is 0. The van der Waals surface area contributed by atoms with Crippen LogP contribution in [-0.4, -0.2) is 18.8 Å². The molecule has 0 aliphatic carbocycles. The Labute approximate surface area is 107 Å². The van der Waals surface area contributed by atoms with Crippen LogP contribution in [0.3, 0.4) is 0 Å². The first-order valence-corrected chi connectivity index (χ1v) is 8.31. The van der Waals surface area contributed by atoms with Crippen molar-refractivity contribution in [3.8, 4) is 0 Å². The molecule has 0 amide bonds. The first kappa shape index (κ1) is 12.3. The molecule has 3 radical (unpaired) electrons. The van der Waals surface area contributed by atoms with Crippen LogP contribution >= 0.6 is 0 Å². The van der Waals surface area contributed by atoms with Crippen molar-refractivity contribution in [1.29, 1.82) is 0 Å². The van der Waals surface area contributed by atoms with Gasteiger partial charge in [-0.2, -0.15) is 0 Å². The van der Waals surface area contributed by atoms with E-state index in [-0.39, 0.29) is 0 Å². The Kier molecular flexibility index (Phi) is 3.94. The normalized spacial score (nSPS) is 11.4. The fraction of sp³-hybridized carbons (Fsp3) is 0.143. The molecule has 2 aromatic carbocycles. The molecule has 0 bridgehead atoms. The lowest BCUT2D eigenvalue weighted by Gasteiger charge is -2.29. The summed E-state index contributed by atoms with van der Waals surface area (Å²) in [5.41, 5.74) is 0. The van der Waals surface area contributed by atoms with Crippen molar-refractivity contribution in [3.63, 3.8) is 0 Å². The molecule has 0 spiro atoms. The summed E-state index contributed by atoms with van der Waals surface area (Å²) in [5.74, 6) is 0. The van der Waals surface area contributed by atoms with Gasteiger partial charge < -0.3 is 4.12 Å². The van der Waals surface area contributed by atoms with E-state index in [0.29, 0.717) is 0 Å². The number of hydrogen-bond acceptors (Lipinski definition) is 1. The zero-order chi connectivity index (χ0) is 12.1. The van der Waals surface area contributed by atoms with Gasteiger partial charge in [0, 0.05) is 0 Å². The van der Waals surface area contributed by atoms with Gasteiger partial charge in [-0.25, -0.2) is 0 Å². The van der Waals surface area contributed by atoms with Gasteiger partial charge in [0.05, 0.1) is 0 Å². The van der Waals surface area contributed by atoms with Crippen molar-refractivity contribution < 1.29 is 4.12 Å². The molecular formula is C14H15OSi2. The predicted octanol–water partition coefficient (Wildman–Crippen LogP) is 1.87. The smallest absolute Gasteiger partial charge is 0.244 e. The molecule has 0 fully saturated rings. The van der Waals surface area contributed by atoms with Crippen molar-refractivity contribution in [1.82, 2.24) is 0 Å². The predicted molar refractivity (Wildman–Crippen MR) is 75.2 cm³/mol. The Balaban J connectivity index is 2.54. The van der Waals surface area contributed by atoms with Gasteiger partial charge in [0.25, 0.3) is 0 Å². The molecule has 0 aliphatic rings. The van der Waals surface area contributed by atoms with E-state index in [0.717, 1.165) is 6.04 Å². The van der Waals surface area contributed by atoms with Crippen molar-refractivity contribution in [2.75, 3.05) is 0 Å². The minimum Gasteiger partial charge on any atom is -0.450 e. The van der Waals surface area contributed by atoms with Gasteiger partial charge >= 0.3 is 0 Å². The van der Waals surface area contributed by atoms with Crippen molar-refractivity contribution in [2.45, 2.75) is 13.0 Å². The Morgan fingerprint density at radius 3 is 1.59 bits per heavy atom. The van der Waals surface area contributed by atoms with Gasteiger partial charge in [0.1, 0.15) is 0 Å². The molecule has 2 rings (SSSR count). The molecule has 0 saturated carbocycles. The summed E-state index contributed by atoms with van der Waals surface area (Å²) in [5, 5.41) is 2.59. The van der Waals surface area contributed by atoms with Crippen LogP contribution in [0, 0.1) is 0 Å². The zero-order valence-electron chi connectivity index (χ0n) is 9.89. The third-order valence-electron chi connectivity index (χ3n) is 3.15. The van der Waals surface area contributed by atoms with Gasteiger partial charge in [-0.05, 0) is 16.4 Å². The maximum absolute atomic E-state index is 5.80. The molecule has 17 heavy (non-hydrogen) atoms. The molecule has 85 valence electrons. The quantitative estimate of drug-likeness (QED) is 0.758. The minimum absolute atomic E-state index is 1.00. The minimum atomic E-state index is -2.08. The van der Waals surface area contributed by atoms with E-state index in [1.165, 1.54) is 10.4 Å². The van der Waals surface area contributed by atoms with Gasteiger partial charge in [0.15, 0.2) is 0 Å². The fourth-order valence-corrected chi connectivity index (χ4v) is 6.31. The van der Waals surface area contributed by atoms with Crippen LogP contribution in [0.15, 0.2) is 60.7 Å². The van der Waals surface area contributed by atoms with Crippen LogP contribution in [0.1, 0.15) is 6.92 Å². The maximum atomic E-state index is 5.80. The van der Waals surface area contributed by atoms with E-state index in [1.807, 2.05) is 12.1 Å². The van der Waals surface area contributed by atoms with E-state index in [9.17, 15) is 0 Å². The summed E-state index contributed by atoms with van der Waals surface area (Å²) in [7, 11) is 1.24. The molecule has 0 N–H and O–H groups in total. The monoisotopic (exact) mass is 255 g/mol. The molecule has 0 aromatic heterocycles. The van der Waals surface area contributed by atoms with Gasteiger partial charge in [-0.1, -0.05) is 67.6 Å². The Morgan fingerprint density at radius 1 is 0.882 bits per heavy atom. The molecule has 2 aromatic rings. The molecule has 0 atom stereocenters. The number of benzene rings is 2. The van der Waals surface area contributed by atoms with Crippen LogP contribution in [0.2, 0.25) is 6.04 Å². The van der Waals surface area contributed by atoms with Crippen molar-refractivity contribution >= 4 is 29.2 Å². The maximum Gasteiger partial charge on any atom is 0.244 e. The average Bonchev–Trinajstić information content (AvgIpc) is 2.43. The molecule has 0 unspecified atom stereocenters. The highest BCUT2D eigenvalue weighted by Gasteiger charge is 2.35. The largest absolute Gasteiger partial charge is 0.450 e. The van der Waals surface area contributed by atoms with E-state index in [1.54, 1.807) is 0 Å². The van der Waals surface area contributed by atoms with Crippen molar-refractivity contribution in [2.24, 2.45) is 0 Å². The lowest BCUT2D eigenvalue weighted by molar-refractivity contribution is 0.626. The summed E-state index contributed by atoms with van der Waals surface area (Å²) in [6, 6.07) is 22.0. The Morgan fingerprint density at radius 2 is 1.29 bits per heavy atom. The SMILES string of the molecule is CC[Si](O[Si])(c1ccccc1)c1ccccc1. The lowest BCUT2D eigenvalue weighted by Crippen LogP contribution is -2.59. The second kappa shape index (κ2) is 5.44. The summed E-state index contributed by atoms with van der Waals surface area (Å²) in [6.45, 7) is 2.19. The van der Waals surface area contributed by atoms with E-state index in [4.69, 9.17) is 4.12 Å². The van der Waals surface area contributed by atoms with Crippen LogP contribution in [0.25, 0.3) is 0 Å². The number of hydrogen-bond donors (Lipinski definition) is 0. The van der Waals surface area contributed by atoms with E-state index >= 15 is 0 Å². The first-order chi connectivity index (χ1) is 8.33. The second-order valence-corrected chi connectivity index (χ2v) is 8.35. The summed E-state index contributed by atoms with van der Waals surface area (Å²) in [4.78, 5) is 0. The van der Waals surface area contributed by atoms with Gasteiger partial charge in [-0.3, -0.25) is 0 Å². The first-order valence-electron chi connectivity index (χ1n) is 5.79. The van der Waals surface area contributed by atoms with Crippen molar-refractivity contribution in [3.05, 3.63) is 60.7 Å².